The van der Waals surface area contributed by atoms with E-state index in [0.717, 1.165) is 45.7 Å². The third kappa shape index (κ3) is 7.95. The van der Waals surface area contributed by atoms with E-state index in [1.165, 1.54) is 0 Å². The molecule has 0 bridgehead atoms. The summed E-state index contributed by atoms with van der Waals surface area (Å²) in [5.41, 5.74) is -0.461. The van der Waals surface area contributed by atoms with Gasteiger partial charge < -0.3 is 19.7 Å². The van der Waals surface area contributed by atoms with Gasteiger partial charge in [0.05, 0.1) is 13.2 Å². The van der Waals surface area contributed by atoms with Crippen molar-refractivity contribution in [3.63, 3.8) is 0 Å². The Kier molecular flexibility index (Phi) is 8.56. The highest BCUT2D eigenvalue weighted by Crippen LogP contribution is 2.28. The van der Waals surface area contributed by atoms with E-state index in [9.17, 15) is 9.59 Å². The van der Waals surface area contributed by atoms with Gasteiger partial charge in [-0.2, -0.15) is 0 Å². The molecule has 162 valence electrons. The van der Waals surface area contributed by atoms with Crippen molar-refractivity contribution in [3.05, 3.63) is 0 Å². The Morgan fingerprint density at radius 3 is 2.29 bits per heavy atom. The topological polar surface area (TPSA) is 71.1 Å². The van der Waals surface area contributed by atoms with Crippen LogP contribution in [0.1, 0.15) is 53.9 Å². The van der Waals surface area contributed by atoms with E-state index in [2.05, 4.69) is 24.1 Å². The van der Waals surface area contributed by atoms with Crippen molar-refractivity contribution in [2.24, 2.45) is 11.8 Å². The van der Waals surface area contributed by atoms with Crippen molar-refractivity contribution in [3.8, 4) is 0 Å². The Hall–Kier alpha value is -1.34. The lowest BCUT2D eigenvalue weighted by atomic mass is 9.83. The highest BCUT2D eigenvalue weighted by atomic mass is 16.6. The van der Waals surface area contributed by atoms with Crippen molar-refractivity contribution in [1.29, 1.82) is 0 Å². The van der Waals surface area contributed by atoms with Crippen LogP contribution in [0.2, 0.25) is 0 Å². The summed E-state index contributed by atoms with van der Waals surface area (Å²) >= 11 is 0. The van der Waals surface area contributed by atoms with Gasteiger partial charge >= 0.3 is 6.09 Å². The van der Waals surface area contributed by atoms with Gasteiger partial charge in [-0.15, -0.1) is 0 Å². The molecule has 2 aliphatic rings. The van der Waals surface area contributed by atoms with E-state index in [-0.39, 0.29) is 18.0 Å². The van der Waals surface area contributed by atoms with Gasteiger partial charge in [-0.25, -0.2) is 4.79 Å². The molecule has 0 aliphatic carbocycles. The maximum atomic E-state index is 12.4. The highest BCUT2D eigenvalue weighted by Gasteiger charge is 2.30. The third-order valence-electron chi connectivity index (χ3n) is 5.55. The van der Waals surface area contributed by atoms with Crippen LogP contribution in [-0.4, -0.2) is 79.4 Å². The lowest BCUT2D eigenvalue weighted by molar-refractivity contribution is -0.123. The number of likely N-dealkylation sites (tertiary alicyclic amines) is 1. The Bertz CT molecular complexity index is 506. The molecule has 7 heteroatoms. The van der Waals surface area contributed by atoms with E-state index in [1.807, 2.05) is 20.8 Å². The summed E-state index contributed by atoms with van der Waals surface area (Å²) < 4.78 is 10.8. The van der Waals surface area contributed by atoms with Crippen LogP contribution in [-0.2, 0) is 14.3 Å². The van der Waals surface area contributed by atoms with Crippen molar-refractivity contribution in [2.75, 3.05) is 45.9 Å². The zero-order valence-electron chi connectivity index (χ0n) is 18.3. The number of piperidine rings is 1. The number of hydrogen-bond acceptors (Lipinski definition) is 5. The van der Waals surface area contributed by atoms with Crippen molar-refractivity contribution < 1.29 is 19.1 Å². The zero-order valence-corrected chi connectivity index (χ0v) is 18.3. The Morgan fingerprint density at radius 1 is 1.11 bits per heavy atom. The number of rotatable bonds is 6. The molecular weight excluding hydrogens is 358 g/mol. The highest BCUT2D eigenvalue weighted by molar-refractivity contribution is 5.76. The van der Waals surface area contributed by atoms with Gasteiger partial charge in [-0.05, 0) is 52.4 Å². The van der Waals surface area contributed by atoms with Gasteiger partial charge in [0.15, 0.2) is 0 Å². The number of amides is 2. The van der Waals surface area contributed by atoms with Crippen LogP contribution in [0.5, 0.6) is 0 Å². The summed E-state index contributed by atoms with van der Waals surface area (Å²) in [6.07, 6.45) is 2.17. The second-order valence-corrected chi connectivity index (χ2v) is 9.37. The molecular formula is C21H39N3O4. The molecule has 2 fully saturated rings. The summed E-state index contributed by atoms with van der Waals surface area (Å²) in [5.74, 6) is 0.915. The van der Waals surface area contributed by atoms with Gasteiger partial charge in [0.25, 0.3) is 0 Å². The Morgan fingerprint density at radius 2 is 1.71 bits per heavy atom. The molecule has 7 nitrogen and oxygen atoms in total. The van der Waals surface area contributed by atoms with Gasteiger partial charge in [-0.1, -0.05) is 6.92 Å². The number of hydrogen-bond donors (Lipinski definition) is 1. The fourth-order valence-electron chi connectivity index (χ4n) is 3.99. The minimum Gasteiger partial charge on any atom is -0.444 e. The first-order chi connectivity index (χ1) is 13.1. The molecule has 2 amide bonds. The Balaban J connectivity index is 1.67. The van der Waals surface area contributed by atoms with Crippen LogP contribution in [0.3, 0.4) is 0 Å². The van der Waals surface area contributed by atoms with Gasteiger partial charge in [-0.3, -0.25) is 9.69 Å². The Labute approximate surface area is 170 Å². The summed E-state index contributed by atoms with van der Waals surface area (Å²) in [5, 5.41) is 3.14. The van der Waals surface area contributed by atoms with Gasteiger partial charge in [0.2, 0.25) is 5.91 Å². The first-order valence-electron chi connectivity index (χ1n) is 10.7. The van der Waals surface area contributed by atoms with E-state index >= 15 is 0 Å². The molecule has 2 saturated heterocycles. The SMILES string of the molecule is C[C@H](CN1CCOCC1)NC(=O)C[C@@H](C)C1CCN(C(=O)OC(C)(C)C)CC1. The third-order valence-corrected chi connectivity index (χ3v) is 5.55. The average molecular weight is 398 g/mol. The first kappa shape index (κ1) is 22.9. The van der Waals surface area contributed by atoms with Crippen LogP contribution >= 0.6 is 0 Å². The second kappa shape index (κ2) is 10.4. The number of nitrogens with one attached hydrogen (secondary N) is 1. The smallest absolute Gasteiger partial charge is 0.410 e. The normalized spacial score (nSPS) is 21.8. The fourth-order valence-corrected chi connectivity index (χ4v) is 3.99. The van der Waals surface area contributed by atoms with E-state index in [0.29, 0.717) is 31.3 Å². The van der Waals surface area contributed by atoms with Crippen molar-refractivity contribution in [1.82, 2.24) is 15.1 Å². The minimum absolute atomic E-state index is 0.128. The molecule has 2 atom stereocenters. The van der Waals surface area contributed by atoms with Crippen LogP contribution in [0.25, 0.3) is 0 Å². The molecule has 0 aromatic carbocycles. The molecule has 2 aliphatic heterocycles. The number of nitrogens with zero attached hydrogens (tertiary/aromatic N) is 2. The monoisotopic (exact) mass is 397 g/mol. The van der Waals surface area contributed by atoms with Crippen LogP contribution in [0.15, 0.2) is 0 Å². The maximum Gasteiger partial charge on any atom is 0.410 e. The predicted octanol–water partition coefficient (Wildman–Crippen LogP) is 2.50. The minimum atomic E-state index is -0.461. The standard InChI is InChI=1S/C21H39N3O4/c1-16(14-19(25)22-17(2)15-23-10-12-27-13-11-23)18-6-8-24(9-7-18)20(26)28-21(3,4)5/h16-18H,6-15H2,1-5H3,(H,22,25)/t16-,17-/m1/s1. The molecule has 28 heavy (non-hydrogen) atoms. The first-order valence-corrected chi connectivity index (χ1v) is 10.7. The van der Waals surface area contributed by atoms with Gasteiger partial charge in [0.1, 0.15) is 5.60 Å². The summed E-state index contributed by atoms with van der Waals surface area (Å²) in [7, 11) is 0. The maximum absolute atomic E-state index is 12.4. The second-order valence-electron chi connectivity index (χ2n) is 9.37. The van der Waals surface area contributed by atoms with E-state index in [1.54, 1.807) is 4.90 Å². The lowest BCUT2D eigenvalue weighted by Gasteiger charge is -2.35. The number of ether oxygens (including phenoxy) is 2. The zero-order chi connectivity index (χ0) is 20.7. The quantitative estimate of drug-likeness (QED) is 0.746. The number of carbonyl (C=O) groups excluding carboxylic acids is 2. The molecule has 0 radical (unpaired) electrons. The molecule has 0 aromatic heterocycles. The fraction of sp³-hybridized carbons (Fsp3) is 0.905. The van der Waals surface area contributed by atoms with Crippen LogP contribution in [0.4, 0.5) is 4.79 Å². The van der Waals surface area contributed by atoms with Crippen molar-refractivity contribution in [2.45, 2.75) is 65.5 Å². The van der Waals surface area contributed by atoms with Crippen LogP contribution in [0, 0.1) is 11.8 Å². The van der Waals surface area contributed by atoms with Crippen molar-refractivity contribution >= 4 is 12.0 Å². The molecule has 2 heterocycles. The molecule has 1 N–H and O–H groups in total. The van der Waals surface area contributed by atoms with E-state index in [4.69, 9.17) is 9.47 Å². The summed E-state index contributed by atoms with van der Waals surface area (Å²) in [4.78, 5) is 28.7. The molecule has 2 rings (SSSR count). The molecule has 0 spiro atoms. The number of carbonyl (C=O) groups is 2. The van der Waals surface area contributed by atoms with E-state index < -0.39 is 5.60 Å². The lowest BCUT2D eigenvalue weighted by Crippen LogP contribution is -2.46. The van der Waals surface area contributed by atoms with Crippen LogP contribution < -0.4 is 5.32 Å². The average Bonchev–Trinajstić information content (AvgIpc) is 2.61. The molecule has 0 unspecified atom stereocenters. The number of morpholine rings is 1. The van der Waals surface area contributed by atoms with Gasteiger partial charge in [0, 0.05) is 45.2 Å². The summed E-state index contributed by atoms with van der Waals surface area (Å²) in [6.45, 7) is 15.6. The molecule has 0 aromatic rings. The largest absolute Gasteiger partial charge is 0.444 e. The molecule has 0 saturated carbocycles. The summed E-state index contributed by atoms with van der Waals surface area (Å²) in [6, 6.07) is 0.145. The predicted molar refractivity (Wildman–Crippen MR) is 109 cm³/mol.